The molecule has 6 heteroatoms. The Bertz CT molecular complexity index is 568. The maximum absolute atomic E-state index is 12.6. The first-order valence-corrected chi connectivity index (χ1v) is 9.27. The fourth-order valence-electron chi connectivity index (χ4n) is 4.02. The molecule has 3 fully saturated rings. The van der Waals surface area contributed by atoms with Crippen molar-refractivity contribution in [3.63, 3.8) is 0 Å². The van der Waals surface area contributed by atoms with Gasteiger partial charge in [-0.1, -0.05) is 5.16 Å². The number of likely N-dealkylation sites (tertiary alicyclic amines) is 2. The first-order chi connectivity index (χ1) is 11.7. The van der Waals surface area contributed by atoms with E-state index in [-0.39, 0.29) is 5.91 Å². The van der Waals surface area contributed by atoms with Crippen molar-refractivity contribution < 1.29 is 14.1 Å². The molecule has 4 rings (SSSR count). The average molecular weight is 333 g/mol. The van der Waals surface area contributed by atoms with Gasteiger partial charge in [0.25, 0.3) is 5.91 Å². The molecule has 24 heavy (non-hydrogen) atoms. The highest BCUT2D eigenvalue weighted by molar-refractivity contribution is 5.92. The zero-order valence-corrected chi connectivity index (χ0v) is 14.4. The van der Waals surface area contributed by atoms with Gasteiger partial charge in [0.05, 0.1) is 6.10 Å². The van der Waals surface area contributed by atoms with Gasteiger partial charge in [0.2, 0.25) is 0 Å². The molecule has 2 aliphatic heterocycles. The molecule has 0 spiro atoms. The van der Waals surface area contributed by atoms with Crippen LogP contribution in [0, 0.1) is 0 Å². The summed E-state index contributed by atoms with van der Waals surface area (Å²) in [5.41, 5.74) is 0.483. The van der Waals surface area contributed by atoms with Crippen LogP contribution in [0.3, 0.4) is 0 Å². The van der Waals surface area contributed by atoms with E-state index in [9.17, 15) is 4.79 Å². The summed E-state index contributed by atoms with van der Waals surface area (Å²) in [6, 6.07) is 2.45. The van der Waals surface area contributed by atoms with Gasteiger partial charge in [-0.15, -0.1) is 0 Å². The van der Waals surface area contributed by atoms with E-state index in [0.717, 1.165) is 70.5 Å². The molecule has 2 saturated heterocycles. The fourth-order valence-corrected chi connectivity index (χ4v) is 4.02. The van der Waals surface area contributed by atoms with Crippen LogP contribution >= 0.6 is 0 Å². The molecule has 1 aromatic rings. The molecule has 3 aliphatic rings. The lowest BCUT2D eigenvalue weighted by atomic mass is 9.98. The number of hydrogen-bond acceptors (Lipinski definition) is 5. The van der Waals surface area contributed by atoms with Crippen molar-refractivity contribution in [1.29, 1.82) is 0 Å². The molecule has 6 nitrogen and oxygen atoms in total. The summed E-state index contributed by atoms with van der Waals surface area (Å²) >= 11 is 0. The Morgan fingerprint density at radius 2 is 1.83 bits per heavy atom. The number of carbonyl (C=O) groups is 1. The molecule has 1 aliphatic carbocycles. The number of carbonyl (C=O) groups excluding carboxylic acids is 1. The van der Waals surface area contributed by atoms with E-state index in [1.807, 2.05) is 18.1 Å². The molecule has 0 atom stereocenters. The Hall–Kier alpha value is -1.40. The molecule has 1 aromatic heterocycles. The minimum atomic E-state index is 0.0298. The lowest BCUT2D eigenvalue weighted by molar-refractivity contribution is 0.0144. The zero-order chi connectivity index (χ0) is 16.5. The fraction of sp³-hybridized carbons (Fsp3) is 0.778. The Labute approximate surface area is 143 Å². The highest BCUT2D eigenvalue weighted by Gasteiger charge is 2.32. The lowest BCUT2D eigenvalue weighted by Gasteiger charge is -2.41. The first kappa shape index (κ1) is 16.1. The Morgan fingerprint density at radius 3 is 2.46 bits per heavy atom. The van der Waals surface area contributed by atoms with Gasteiger partial charge < -0.3 is 19.1 Å². The van der Waals surface area contributed by atoms with Gasteiger partial charge in [-0.05, 0) is 38.5 Å². The van der Waals surface area contributed by atoms with Crippen molar-refractivity contribution in [2.45, 2.75) is 56.6 Å². The molecular formula is C18H27N3O3. The van der Waals surface area contributed by atoms with Crippen molar-refractivity contribution in [2.75, 3.05) is 33.3 Å². The van der Waals surface area contributed by atoms with Crippen LogP contribution in [0.4, 0.5) is 0 Å². The Morgan fingerprint density at radius 1 is 1.12 bits per heavy atom. The smallest absolute Gasteiger partial charge is 0.276 e. The topological polar surface area (TPSA) is 58.8 Å². The highest BCUT2D eigenvalue weighted by atomic mass is 16.5. The summed E-state index contributed by atoms with van der Waals surface area (Å²) in [6.45, 7) is 3.87. The average Bonchev–Trinajstić information content (AvgIpc) is 3.38. The second kappa shape index (κ2) is 6.84. The molecule has 0 N–H and O–H groups in total. The quantitative estimate of drug-likeness (QED) is 0.846. The van der Waals surface area contributed by atoms with E-state index in [4.69, 9.17) is 9.26 Å². The second-order valence-electron chi connectivity index (χ2n) is 7.38. The van der Waals surface area contributed by atoms with Gasteiger partial charge >= 0.3 is 0 Å². The third kappa shape index (κ3) is 3.35. The summed E-state index contributed by atoms with van der Waals surface area (Å²) in [7, 11) is 1.81. The van der Waals surface area contributed by atoms with Crippen LogP contribution in [0.2, 0.25) is 0 Å². The van der Waals surface area contributed by atoms with E-state index in [0.29, 0.717) is 23.8 Å². The highest BCUT2D eigenvalue weighted by Crippen LogP contribution is 2.40. The van der Waals surface area contributed by atoms with Crippen LogP contribution in [-0.2, 0) is 4.74 Å². The molecule has 1 saturated carbocycles. The van der Waals surface area contributed by atoms with E-state index < -0.39 is 0 Å². The van der Waals surface area contributed by atoms with Crippen LogP contribution in [0.15, 0.2) is 10.6 Å². The van der Waals surface area contributed by atoms with Crippen LogP contribution in [0.25, 0.3) is 0 Å². The van der Waals surface area contributed by atoms with Crippen molar-refractivity contribution in [2.24, 2.45) is 0 Å². The van der Waals surface area contributed by atoms with Crippen LogP contribution in [0.5, 0.6) is 0 Å². The van der Waals surface area contributed by atoms with Gasteiger partial charge in [-0.2, -0.15) is 0 Å². The third-order valence-electron chi connectivity index (χ3n) is 5.81. The van der Waals surface area contributed by atoms with Crippen LogP contribution < -0.4 is 0 Å². The molecule has 0 unspecified atom stereocenters. The summed E-state index contributed by atoms with van der Waals surface area (Å²) in [4.78, 5) is 17.1. The molecule has 0 aromatic carbocycles. The predicted molar refractivity (Wildman–Crippen MR) is 89.0 cm³/mol. The van der Waals surface area contributed by atoms with Gasteiger partial charge in [0.15, 0.2) is 5.69 Å². The van der Waals surface area contributed by atoms with Crippen LogP contribution in [-0.4, -0.2) is 66.3 Å². The number of rotatable bonds is 4. The SMILES string of the molecule is COC1CCN(C2CCN(C(=O)c3cc(C4CC4)on3)CC2)CC1. The van der Waals surface area contributed by atoms with E-state index in [1.54, 1.807) is 0 Å². The summed E-state index contributed by atoms with van der Waals surface area (Å²) < 4.78 is 10.8. The number of aromatic nitrogens is 1. The maximum atomic E-state index is 12.6. The summed E-state index contributed by atoms with van der Waals surface area (Å²) in [6.07, 6.45) is 7.10. The molecule has 3 heterocycles. The first-order valence-electron chi connectivity index (χ1n) is 9.27. The zero-order valence-electron chi connectivity index (χ0n) is 14.4. The van der Waals surface area contributed by atoms with Crippen molar-refractivity contribution in [3.05, 3.63) is 17.5 Å². The molecule has 132 valence electrons. The molecular weight excluding hydrogens is 306 g/mol. The molecule has 0 radical (unpaired) electrons. The summed E-state index contributed by atoms with van der Waals surface area (Å²) in [5, 5.41) is 3.99. The number of methoxy groups -OCH3 is 1. The number of ether oxygens (including phenoxy) is 1. The third-order valence-corrected chi connectivity index (χ3v) is 5.81. The second-order valence-corrected chi connectivity index (χ2v) is 7.38. The summed E-state index contributed by atoms with van der Waals surface area (Å²) in [5.74, 6) is 1.41. The predicted octanol–water partition coefficient (Wildman–Crippen LogP) is 2.27. The van der Waals surface area contributed by atoms with Crippen molar-refractivity contribution in [1.82, 2.24) is 15.0 Å². The minimum Gasteiger partial charge on any atom is -0.381 e. The maximum Gasteiger partial charge on any atom is 0.276 e. The van der Waals surface area contributed by atoms with Gasteiger partial charge in [0.1, 0.15) is 5.76 Å². The van der Waals surface area contributed by atoms with Gasteiger partial charge in [0, 0.05) is 51.3 Å². The number of nitrogens with zero attached hydrogens (tertiary/aromatic N) is 3. The Balaban J connectivity index is 1.28. The van der Waals surface area contributed by atoms with E-state index in [2.05, 4.69) is 10.1 Å². The normalized spacial score (nSPS) is 24.5. The van der Waals surface area contributed by atoms with E-state index in [1.165, 1.54) is 0 Å². The standard InChI is InChI=1S/C18H27N3O3/c1-23-15-6-10-20(11-7-15)14-4-8-21(9-5-14)18(22)16-12-17(24-19-16)13-2-3-13/h12-15H,2-11H2,1H3. The minimum absolute atomic E-state index is 0.0298. The molecule has 1 amide bonds. The monoisotopic (exact) mass is 333 g/mol. The lowest BCUT2D eigenvalue weighted by Crippen LogP contribution is -2.49. The van der Waals surface area contributed by atoms with E-state index >= 15 is 0 Å². The van der Waals surface area contributed by atoms with Gasteiger partial charge in [-0.25, -0.2) is 0 Å². The largest absolute Gasteiger partial charge is 0.381 e. The Kier molecular flexibility index (Phi) is 4.59. The number of piperidine rings is 2. The number of amides is 1. The van der Waals surface area contributed by atoms with Crippen molar-refractivity contribution in [3.8, 4) is 0 Å². The van der Waals surface area contributed by atoms with Crippen LogP contribution in [0.1, 0.15) is 60.7 Å². The molecule has 0 bridgehead atoms. The van der Waals surface area contributed by atoms with Gasteiger partial charge in [-0.3, -0.25) is 4.79 Å². The van der Waals surface area contributed by atoms with Crippen molar-refractivity contribution >= 4 is 5.91 Å². The number of hydrogen-bond donors (Lipinski definition) is 0.